The highest BCUT2D eigenvalue weighted by atomic mass is 32.2. The zero-order chi connectivity index (χ0) is 18.4. The number of para-hydroxylation sites is 1. The Bertz CT molecular complexity index is 663. The Labute approximate surface area is 138 Å². The van der Waals surface area contributed by atoms with Crippen molar-refractivity contribution in [2.24, 2.45) is 0 Å². The topological polar surface area (TPSA) is 78.5 Å². The smallest absolute Gasteiger partial charge is 0.338 e. The Balaban J connectivity index is 2.43. The Kier molecular flexibility index (Phi) is 7.03. The Hall–Kier alpha value is -1.81. The van der Waals surface area contributed by atoms with Gasteiger partial charge in [0.15, 0.2) is 9.84 Å². The van der Waals surface area contributed by atoms with E-state index in [-0.39, 0.29) is 23.7 Å². The standard InChI is InChI=1S/C14H20F3N3O3S/c1-20(10-14(15,16)17)9-5-8-18-13(21)19-11-6-3-4-7-12(11)24(2,22)23/h3-4,6-7H,5,8-10H2,1-2H3,(H2,18,19,21). The number of amides is 2. The van der Waals surface area contributed by atoms with Crippen LogP contribution in [0.4, 0.5) is 23.7 Å². The highest BCUT2D eigenvalue weighted by molar-refractivity contribution is 7.90. The lowest BCUT2D eigenvalue weighted by Crippen LogP contribution is -2.35. The molecule has 0 radical (unpaired) electrons. The maximum atomic E-state index is 12.1. The zero-order valence-corrected chi connectivity index (χ0v) is 14.2. The van der Waals surface area contributed by atoms with Gasteiger partial charge in [0.2, 0.25) is 0 Å². The molecule has 0 spiro atoms. The SMILES string of the molecule is CN(CCCNC(=O)Nc1ccccc1S(C)(=O)=O)CC(F)(F)F. The van der Waals surface area contributed by atoms with Gasteiger partial charge in [-0.15, -0.1) is 0 Å². The van der Waals surface area contributed by atoms with Gasteiger partial charge >= 0.3 is 12.2 Å². The number of hydrogen-bond donors (Lipinski definition) is 2. The summed E-state index contributed by atoms with van der Waals surface area (Å²) in [7, 11) is -2.15. The summed E-state index contributed by atoms with van der Waals surface area (Å²) in [6.45, 7) is -0.685. The molecule has 6 nitrogen and oxygen atoms in total. The van der Waals surface area contributed by atoms with Gasteiger partial charge in [-0.1, -0.05) is 12.1 Å². The predicted molar refractivity (Wildman–Crippen MR) is 84.7 cm³/mol. The van der Waals surface area contributed by atoms with E-state index in [1.165, 1.54) is 25.2 Å². The van der Waals surface area contributed by atoms with Crippen LogP contribution in [0.15, 0.2) is 29.2 Å². The number of rotatable bonds is 7. The molecule has 2 N–H and O–H groups in total. The second-order valence-corrected chi connectivity index (χ2v) is 7.34. The molecule has 0 aliphatic heterocycles. The molecule has 0 heterocycles. The molecule has 0 fully saturated rings. The molecule has 10 heteroatoms. The lowest BCUT2D eigenvalue weighted by atomic mass is 10.3. The molecule has 0 atom stereocenters. The van der Waals surface area contributed by atoms with Gasteiger partial charge in [0, 0.05) is 12.8 Å². The van der Waals surface area contributed by atoms with Gasteiger partial charge in [-0.3, -0.25) is 4.90 Å². The number of nitrogens with one attached hydrogen (secondary N) is 2. The maximum Gasteiger partial charge on any atom is 0.401 e. The summed E-state index contributed by atoms with van der Waals surface area (Å²) >= 11 is 0. The van der Waals surface area contributed by atoms with Crippen LogP contribution < -0.4 is 10.6 Å². The van der Waals surface area contributed by atoms with Crippen molar-refractivity contribution < 1.29 is 26.4 Å². The van der Waals surface area contributed by atoms with E-state index in [9.17, 15) is 26.4 Å². The highest BCUT2D eigenvalue weighted by Crippen LogP contribution is 2.20. The van der Waals surface area contributed by atoms with Gasteiger partial charge in [-0.2, -0.15) is 13.2 Å². The van der Waals surface area contributed by atoms with Crippen LogP contribution in [0, 0.1) is 0 Å². The summed E-state index contributed by atoms with van der Waals surface area (Å²) in [5, 5.41) is 4.90. The average molecular weight is 367 g/mol. The number of anilines is 1. The highest BCUT2D eigenvalue weighted by Gasteiger charge is 2.28. The Morgan fingerprint density at radius 2 is 1.88 bits per heavy atom. The van der Waals surface area contributed by atoms with Gasteiger partial charge < -0.3 is 10.6 Å². The summed E-state index contributed by atoms with van der Waals surface area (Å²) < 4.78 is 59.7. The molecule has 0 aliphatic rings. The third-order valence-electron chi connectivity index (χ3n) is 2.99. The average Bonchev–Trinajstić information content (AvgIpc) is 2.41. The van der Waals surface area contributed by atoms with Crippen LogP contribution in [0.5, 0.6) is 0 Å². The molecular formula is C14H20F3N3O3S. The number of urea groups is 1. The molecule has 136 valence electrons. The van der Waals surface area contributed by atoms with Crippen LogP contribution >= 0.6 is 0 Å². The molecule has 2 amide bonds. The molecule has 24 heavy (non-hydrogen) atoms. The molecule has 0 saturated heterocycles. The van der Waals surface area contributed by atoms with Gasteiger partial charge in [0.05, 0.1) is 17.1 Å². The normalized spacial score (nSPS) is 12.2. The fourth-order valence-corrected chi connectivity index (χ4v) is 2.84. The minimum Gasteiger partial charge on any atom is -0.338 e. The summed E-state index contributed by atoms with van der Waals surface area (Å²) in [4.78, 5) is 12.9. The summed E-state index contributed by atoms with van der Waals surface area (Å²) in [6.07, 6.45) is -2.90. The number of benzene rings is 1. The molecule has 0 saturated carbocycles. The van der Waals surface area contributed by atoms with E-state index in [0.717, 1.165) is 11.2 Å². The van der Waals surface area contributed by atoms with E-state index in [1.54, 1.807) is 6.07 Å². The van der Waals surface area contributed by atoms with Crippen LogP contribution in [-0.4, -0.2) is 58.5 Å². The van der Waals surface area contributed by atoms with Crippen molar-refractivity contribution in [3.63, 3.8) is 0 Å². The first-order valence-electron chi connectivity index (χ1n) is 7.08. The van der Waals surface area contributed by atoms with E-state index in [1.807, 2.05) is 0 Å². The molecule has 1 rings (SSSR count). The Morgan fingerprint density at radius 3 is 2.46 bits per heavy atom. The lowest BCUT2D eigenvalue weighted by Gasteiger charge is -2.18. The number of halogens is 3. The van der Waals surface area contributed by atoms with E-state index in [4.69, 9.17) is 0 Å². The fourth-order valence-electron chi connectivity index (χ4n) is 2.00. The molecule has 0 aliphatic carbocycles. The Morgan fingerprint density at radius 1 is 1.25 bits per heavy atom. The van der Waals surface area contributed by atoms with Crippen molar-refractivity contribution >= 4 is 21.6 Å². The molecule has 0 aromatic heterocycles. The third-order valence-corrected chi connectivity index (χ3v) is 4.14. The number of alkyl halides is 3. The van der Waals surface area contributed by atoms with E-state index >= 15 is 0 Å². The van der Waals surface area contributed by atoms with Crippen LogP contribution in [0.3, 0.4) is 0 Å². The number of hydrogen-bond acceptors (Lipinski definition) is 4. The predicted octanol–water partition coefficient (Wildman–Crippen LogP) is 2.10. The van der Waals surface area contributed by atoms with Crippen molar-refractivity contribution in [3.05, 3.63) is 24.3 Å². The molecule has 1 aromatic rings. The first-order valence-corrected chi connectivity index (χ1v) is 8.97. The summed E-state index contributed by atoms with van der Waals surface area (Å²) in [6, 6.07) is 5.32. The second-order valence-electron chi connectivity index (χ2n) is 5.36. The molecular weight excluding hydrogens is 347 g/mol. The summed E-state index contributed by atoms with van der Waals surface area (Å²) in [5.41, 5.74) is 0.145. The molecule has 1 aromatic carbocycles. The number of carbonyl (C=O) groups excluding carboxylic acids is 1. The van der Waals surface area contributed by atoms with Crippen LogP contribution in [0.2, 0.25) is 0 Å². The van der Waals surface area contributed by atoms with Crippen molar-refractivity contribution in [2.45, 2.75) is 17.5 Å². The second kappa shape index (κ2) is 8.34. The van der Waals surface area contributed by atoms with Crippen molar-refractivity contribution in [2.75, 3.05) is 38.3 Å². The summed E-state index contributed by atoms with van der Waals surface area (Å²) in [5.74, 6) is 0. The number of sulfone groups is 1. The van der Waals surface area contributed by atoms with Crippen molar-refractivity contribution in [1.82, 2.24) is 10.2 Å². The van der Waals surface area contributed by atoms with Crippen molar-refractivity contribution in [3.8, 4) is 0 Å². The first-order chi connectivity index (χ1) is 11.0. The zero-order valence-electron chi connectivity index (χ0n) is 13.4. The monoisotopic (exact) mass is 367 g/mol. The number of nitrogens with zero attached hydrogens (tertiary/aromatic N) is 1. The van der Waals surface area contributed by atoms with E-state index < -0.39 is 28.6 Å². The molecule has 0 bridgehead atoms. The lowest BCUT2D eigenvalue weighted by molar-refractivity contribution is -0.143. The van der Waals surface area contributed by atoms with Gasteiger partial charge in [0.25, 0.3) is 0 Å². The fraction of sp³-hybridized carbons (Fsp3) is 0.500. The largest absolute Gasteiger partial charge is 0.401 e. The van der Waals surface area contributed by atoms with Gasteiger partial charge in [-0.05, 0) is 32.1 Å². The maximum absolute atomic E-state index is 12.1. The van der Waals surface area contributed by atoms with Gasteiger partial charge in [-0.25, -0.2) is 13.2 Å². The van der Waals surface area contributed by atoms with Crippen LogP contribution in [-0.2, 0) is 9.84 Å². The third kappa shape index (κ3) is 7.64. The minimum absolute atomic E-state index is 0.00920. The molecule has 0 unspecified atom stereocenters. The minimum atomic E-state index is -4.26. The number of carbonyl (C=O) groups is 1. The van der Waals surface area contributed by atoms with Crippen molar-refractivity contribution in [1.29, 1.82) is 0 Å². The van der Waals surface area contributed by atoms with Crippen LogP contribution in [0.1, 0.15) is 6.42 Å². The van der Waals surface area contributed by atoms with Gasteiger partial charge in [0.1, 0.15) is 0 Å². The van der Waals surface area contributed by atoms with Crippen LogP contribution in [0.25, 0.3) is 0 Å². The van der Waals surface area contributed by atoms with E-state index in [0.29, 0.717) is 6.42 Å². The first kappa shape index (κ1) is 20.2. The van der Waals surface area contributed by atoms with E-state index in [2.05, 4.69) is 10.6 Å². The quantitative estimate of drug-likeness (QED) is 0.724.